The number of hydrogen-bond acceptors (Lipinski definition) is 4. The molecule has 0 spiro atoms. The number of hydrogen-bond donors (Lipinski definition) is 1. The lowest BCUT2D eigenvalue weighted by atomic mass is 10.2. The Morgan fingerprint density at radius 3 is 2.44 bits per heavy atom. The maximum atomic E-state index is 11.4. The van der Waals surface area contributed by atoms with Crippen molar-refractivity contribution < 1.29 is 24.8 Å². The molecule has 0 bridgehead atoms. The van der Waals surface area contributed by atoms with Gasteiger partial charge in [-0.25, -0.2) is 4.79 Å². The highest BCUT2D eigenvalue weighted by Crippen LogP contribution is 2.08. The molecule has 0 rings (SSSR count). The van der Waals surface area contributed by atoms with Gasteiger partial charge in [0.25, 0.3) is 0 Å². The predicted octanol–water partition coefficient (Wildman–Crippen LogP) is 0.0579. The summed E-state index contributed by atoms with van der Waals surface area (Å²) in [6, 6.07) is -0.741. The highest BCUT2D eigenvalue weighted by Gasteiger charge is 2.25. The summed E-state index contributed by atoms with van der Waals surface area (Å²) in [5.74, 6) is -0.978. The Hall–Kier alpha value is -1.36. The molecule has 0 saturated heterocycles. The summed E-state index contributed by atoms with van der Waals surface area (Å²) in [6.07, 6.45) is 1.38. The molecule has 1 atom stereocenters. The SMILES string of the molecule is C=CCOC(=O)[C@@H]([NH3+])CC(=O)OC(C)(C)C. The topological polar surface area (TPSA) is 80.2 Å². The molecule has 0 aliphatic heterocycles. The molecule has 0 aromatic carbocycles. The van der Waals surface area contributed by atoms with Gasteiger partial charge in [-0.05, 0) is 20.8 Å². The summed E-state index contributed by atoms with van der Waals surface area (Å²) in [5.41, 5.74) is 3.00. The highest BCUT2D eigenvalue weighted by molar-refractivity contribution is 5.81. The molecule has 0 heterocycles. The Morgan fingerprint density at radius 1 is 1.44 bits per heavy atom. The van der Waals surface area contributed by atoms with Crippen LogP contribution >= 0.6 is 0 Å². The first kappa shape index (κ1) is 14.6. The van der Waals surface area contributed by atoms with Crippen LogP contribution in [0.15, 0.2) is 12.7 Å². The van der Waals surface area contributed by atoms with Crippen LogP contribution in [-0.4, -0.2) is 30.2 Å². The maximum absolute atomic E-state index is 11.4. The average molecular weight is 230 g/mol. The van der Waals surface area contributed by atoms with E-state index in [4.69, 9.17) is 9.47 Å². The third kappa shape index (κ3) is 7.00. The molecule has 0 saturated carbocycles. The molecule has 0 unspecified atom stereocenters. The van der Waals surface area contributed by atoms with Gasteiger partial charge in [0.05, 0.1) is 0 Å². The lowest BCUT2D eigenvalue weighted by Gasteiger charge is -2.19. The fraction of sp³-hybridized carbons (Fsp3) is 0.636. The molecule has 16 heavy (non-hydrogen) atoms. The van der Waals surface area contributed by atoms with Gasteiger partial charge in [-0.1, -0.05) is 12.7 Å². The standard InChI is InChI=1S/C11H19NO4/c1-5-6-15-10(14)8(12)7-9(13)16-11(2,3)4/h5,8H,1,6-7,12H2,2-4H3/p+1/t8-/m0/s1. The Labute approximate surface area is 95.6 Å². The van der Waals surface area contributed by atoms with E-state index in [9.17, 15) is 9.59 Å². The summed E-state index contributed by atoms with van der Waals surface area (Å²) in [5, 5.41) is 0. The van der Waals surface area contributed by atoms with Gasteiger partial charge in [0, 0.05) is 0 Å². The number of ether oxygens (including phenoxy) is 2. The van der Waals surface area contributed by atoms with Crippen molar-refractivity contribution in [1.29, 1.82) is 0 Å². The quantitative estimate of drug-likeness (QED) is 0.535. The highest BCUT2D eigenvalue weighted by atomic mass is 16.6. The third-order valence-electron chi connectivity index (χ3n) is 1.51. The zero-order chi connectivity index (χ0) is 12.8. The van der Waals surface area contributed by atoms with Crippen molar-refractivity contribution in [3.8, 4) is 0 Å². The van der Waals surface area contributed by atoms with Crippen LogP contribution in [0.3, 0.4) is 0 Å². The van der Waals surface area contributed by atoms with E-state index < -0.39 is 23.6 Å². The van der Waals surface area contributed by atoms with Crippen molar-refractivity contribution in [3.63, 3.8) is 0 Å². The molecule has 0 radical (unpaired) electrons. The van der Waals surface area contributed by atoms with Crippen molar-refractivity contribution in [2.24, 2.45) is 0 Å². The Bertz CT molecular complexity index is 268. The molecule has 0 aromatic rings. The van der Waals surface area contributed by atoms with E-state index in [-0.39, 0.29) is 13.0 Å². The van der Waals surface area contributed by atoms with Crippen molar-refractivity contribution in [3.05, 3.63) is 12.7 Å². The fourth-order valence-corrected chi connectivity index (χ4v) is 0.927. The number of esters is 2. The van der Waals surface area contributed by atoms with Crippen molar-refractivity contribution >= 4 is 11.9 Å². The molecule has 92 valence electrons. The summed E-state index contributed by atoms with van der Waals surface area (Å²) >= 11 is 0. The number of carbonyl (C=O) groups excluding carboxylic acids is 2. The first-order valence-corrected chi connectivity index (χ1v) is 5.08. The van der Waals surface area contributed by atoms with Crippen LogP contribution in [0, 0.1) is 0 Å². The van der Waals surface area contributed by atoms with E-state index in [2.05, 4.69) is 12.3 Å². The van der Waals surface area contributed by atoms with E-state index in [0.717, 1.165) is 0 Å². The first-order valence-electron chi connectivity index (χ1n) is 5.08. The van der Waals surface area contributed by atoms with Crippen LogP contribution < -0.4 is 5.73 Å². The summed E-state index contributed by atoms with van der Waals surface area (Å²) < 4.78 is 9.81. The van der Waals surface area contributed by atoms with Gasteiger partial charge in [0.15, 0.2) is 6.04 Å². The summed E-state index contributed by atoms with van der Waals surface area (Å²) in [4.78, 5) is 22.6. The van der Waals surface area contributed by atoms with Gasteiger partial charge in [0.2, 0.25) is 0 Å². The number of carbonyl (C=O) groups is 2. The molecule has 3 N–H and O–H groups in total. The van der Waals surface area contributed by atoms with Gasteiger partial charge in [-0.3, -0.25) is 4.79 Å². The molecular formula is C11H20NO4+. The Balaban J connectivity index is 4.04. The zero-order valence-corrected chi connectivity index (χ0v) is 10.1. The maximum Gasteiger partial charge on any atom is 0.365 e. The lowest BCUT2D eigenvalue weighted by molar-refractivity contribution is -0.407. The van der Waals surface area contributed by atoms with Crippen molar-refractivity contribution in [1.82, 2.24) is 0 Å². The minimum atomic E-state index is -0.741. The largest absolute Gasteiger partial charge is 0.460 e. The molecular weight excluding hydrogens is 210 g/mol. The van der Waals surface area contributed by atoms with E-state index in [1.54, 1.807) is 20.8 Å². The van der Waals surface area contributed by atoms with Crippen LogP contribution in [0.5, 0.6) is 0 Å². The van der Waals surface area contributed by atoms with Crippen LogP contribution in [0.2, 0.25) is 0 Å². The molecule has 0 aromatic heterocycles. The Morgan fingerprint density at radius 2 is 2.00 bits per heavy atom. The van der Waals surface area contributed by atoms with E-state index in [1.807, 2.05) is 0 Å². The average Bonchev–Trinajstić information content (AvgIpc) is 2.10. The van der Waals surface area contributed by atoms with E-state index in [0.29, 0.717) is 0 Å². The van der Waals surface area contributed by atoms with Gasteiger partial charge >= 0.3 is 11.9 Å². The molecule has 0 aliphatic carbocycles. The molecule has 5 nitrogen and oxygen atoms in total. The fourth-order valence-electron chi connectivity index (χ4n) is 0.927. The molecule has 0 aliphatic rings. The minimum Gasteiger partial charge on any atom is -0.460 e. The summed E-state index contributed by atoms with van der Waals surface area (Å²) in [6.45, 7) is 8.83. The number of rotatable bonds is 5. The monoisotopic (exact) mass is 230 g/mol. The Kier molecular flexibility index (Phi) is 5.74. The second kappa shape index (κ2) is 6.27. The first-order chi connectivity index (χ1) is 7.26. The van der Waals surface area contributed by atoms with Gasteiger partial charge in [0.1, 0.15) is 18.6 Å². The minimum absolute atomic E-state index is 0.0761. The zero-order valence-electron chi connectivity index (χ0n) is 10.1. The number of quaternary nitrogens is 1. The van der Waals surface area contributed by atoms with Crippen LogP contribution in [0.1, 0.15) is 27.2 Å². The van der Waals surface area contributed by atoms with Crippen LogP contribution in [-0.2, 0) is 19.1 Å². The van der Waals surface area contributed by atoms with E-state index >= 15 is 0 Å². The second-order valence-electron chi connectivity index (χ2n) is 4.41. The summed E-state index contributed by atoms with van der Waals surface area (Å²) in [7, 11) is 0. The van der Waals surface area contributed by atoms with Gasteiger partial charge in [-0.2, -0.15) is 0 Å². The van der Waals surface area contributed by atoms with Crippen molar-refractivity contribution in [2.45, 2.75) is 38.8 Å². The predicted molar refractivity (Wildman–Crippen MR) is 58.3 cm³/mol. The molecule has 0 fully saturated rings. The molecule has 5 heteroatoms. The normalized spacial score (nSPS) is 12.8. The van der Waals surface area contributed by atoms with Crippen LogP contribution in [0.25, 0.3) is 0 Å². The van der Waals surface area contributed by atoms with Gasteiger partial charge in [-0.15, -0.1) is 0 Å². The van der Waals surface area contributed by atoms with Gasteiger partial charge < -0.3 is 15.2 Å². The lowest BCUT2D eigenvalue weighted by Crippen LogP contribution is -2.66. The van der Waals surface area contributed by atoms with Crippen molar-refractivity contribution in [2.75, 3.05) is 6.61 Å². The second-order valence-corrected chi connectivity index (χ2v) is 4.41. The third-order valence-corrected chi connectivity index (χ3v) is 1.51. The molecule has 0 amide bonds. The van der Waals surface area contributed by atoms with E-state index in [1.165, 1.54) is 6.08 Å². The smallest absolute Gasteiger partial charge is 0.365 e. The van der Waals surface area contributed by atoms with Crippen LogP contribution in [0.4, 0.5) is 0 Å².